The molecule has 1 N–H and O–H groups in total. The van der Waals surface area contributed by atoms with E-state index in [9.17, 15) is 26.7 Å². The predicted molar refractivity (Wildman–Crippen MR) is 122 cm³/mol. The van der Waals surface area contributed by atoms with Gasteiger partial charge in [-0.3, -0.25) is 4.79 Å². The minimum absolute atomic E-state index is 0.0343. The van der Waals surface area contributed by atoms with Crippen molar-refractivity contribution in [1.29, 1.82) is 0 Å². The van der Waals surface area contributed by atoms with Crippen molar-refractivity contribution in [3.8, 4) is 0 Å². The van der Waals surface area contributed by atoms with E-state index in [4.69, 9.17) is 9.47 Å². The molecule has 206 valence electrons. The van der Waals surface area contributed by atoms with Gasteiger partial charge < -0.3 is 24.6 Å². The number of amides is 1. The van der Waals surface area contributed by atoms with Crippen LogP contribution in [0.15, 0.2) is 12.4 Å². The molecule has 1 amide bonds. The summed E-state index contributed by atoms with van der Waals surface area (Å²) in [5.41, 5.74) is -2.18. The number of methoxy groups -OCH3 is 1. The van der Waals surface area contributed by atoms with Gasteiger partial charge in [-0.1, -0.05) is 0 Å². The minimum atomic E-state index is -4.58. The molecule has 0 aromatic carbocycles. The number of anilines is 1. The SMILES string of the molecule is CO[C@@H]1COCC[C@@H]1N[C@@H]1CC[C@](CC(F)F)(C(=O)N2C[C@H]3C[C@H]2CN3c2cc(C(F)(F)F)ncn2)C1. The van der Waals surface area contributed by atoms with Crippen molar-refractivity contribution < 1.29 is 36.2 Å². The summed E-state index contributed by atoms with van der Waals surface area (Å²) >= 11 is 0. The first-order valence-corrected chi connectivity index (χ1v) is 12.7. The number of nitrogens with zero attached hydrogens (tertiary/aromatic N) is 4. The number of halogens is 5. The lowest BCUT2D eigenvalue weighted by Crippen LogP contribution is -2.54. The van der Waals surface area contributed by atoms with Crippen LogP contribution in [0, 0.1) is 5.41 Å². The van der Waals surface area contributed by atoms with Gasteiger partial charge >= 0.3 is 6.18 Å². The second-order valence-electron chi connectivity index (χ2n) is 10.6. The van der Waals surface area contributed by atoms with Gasteiger partial charge in [0.25, 0.3) is 0 Å². The third-order valence-corrected chi connectivity index (χ3v) is 8.40. The summed E-state index contributed by atoms with van der Waals surface area (Å²) in [7, 11) is 1.62. The van der Waals surface area contributed by atoms with Crippen molar-refractivity contribution in [2.75, 3.05) is 38.3 Å². The van der Waals surface area contributed by atoms with Crippen LogP contribution >= 0.6 is 0 Å². The van der Waals surface area contributed by atoms with Crippen molar-refractivity contribution >= 4 is 11.7 Å². The average molecular weight is 534 g/mol. The molecular formula is C24H32F5N5O3. The Morgan fingerprint density at radius 2 is 2.08 bits per heavy atom. The summed E-state index contributed by atoms with van der Waals surface area (Å²) in [6.45, 7) is 1.65. The fraction of sp³-hybridized carbons (Fsp3) is 0.792. The van der Waals surface area contributed by atoms with Crippen LogP contribution in [-0.4, -0.2) is 90.9 Å². The number of piperazine rings is 1. The van der Waals surface area contributed by atoms with Crippen molar-refractivity contribution in [1.82, 2.24) is 20.2 Å². The molecule has 1 aromatic rings. The molecule has 8 nitrogen and oxygen atoms in total. The monoisotopic (exact) mass is 533 g/mol. The number of hydrogen-bond acceptors (Lipinski definition) is 7. The molecule has 2 bridgehead atoms. The first-order valence-electron chi connectivity index (χ1n) is 12.7. The Morgan fingerprint density at radius 3 is 2.76 bits per heavy atom. The maximum absolute atomic E-state index is 13.8. The summed E-state index contributed by atoms with van der Waals surface area (Å²) in [6, 6.07) is 0.404. The molecule has 4 heterocycles. The van der Waals surface area contributed by atoms with E-state index in [0.29, 0.717) is 45.4 Å². The molecule has 5 rings (SSSR count). The third kappa shape index (κ3) is 5.26. The van der Waals surface area contributed by atoms with E-state index in [1.165, 1.54) is 0 Å². The molecule has 0 radical (unpaired) electrons. The van der Waals surface area contributed by atoms with E-state index in [0.717, 1.165) is 18.8 Å². The molecule has 0 spiro atoms. The third-order valence-electron chi connectivity index (χ3n) is 8.40. The molecule has 1 saturated carbocycles. The normalized spacial score (nSPS) is 34.1. The highest BCUT2D eigenvalue weighted by Gasteiger charge is 2.54. The molecule has 13 heteroatoms. The van der Waals surface area contributed by atoms with Crippen molar-refractivity contribution in [2.24, 2.45) is 5.41 Å². The van der Waals surface area contributed by atoms with E-state index in [1.54, 1.807) is 16.9 Å². The lowest BCUT2D eigenvalue weighted by atomic mass is 9.80. The molecule has 37 heavy (non-hydrogen) atoms. The maximum atomic E-state index is 13.8. The van der Waals surface area contributed by atoms with Crippen LogP contribution in [0.25, 0.3) is 0 Å². The summed E-state index contributed by atoms with van der Waals surface area (Å²) in [4.78, 5) is 24.6. The zero-order chi connectivity index (χ0) is 26.4. The van der Waals surface area contributed by atoms with E-state index >= 15 is 0 Å². The van der Waals surface area contributed by atoms with Crippen LogP contribution in [0.3, 0.4) is 0 Å². The van der Waals surface area contributed by atoms with Crippen LogP contribution in [0.5, 0.6) is 0 Å². The molecule has 1 aliphatic carbocycles. The Kier molecular flexibility index (Phi) is 7.31. The summed E-state index contributed by atoms with van der Waals surface area (Å²) in [6.07, 6.45) is -4.31. The van der Waals surface area contributed by atoms with E-state index < -0.39 is 30.1 Å². The standard InChI is InChI=1S/C24H32F5N5O3/c1-36-18-12-37-5-3-17(18)32-14-2-4-23(8-14,9-20(25)26)22(35)34-11-15-6-16(34)10-33(15)21-7-19(24(27,28)29)30-13-31-21/h7,13-18,20,32H,2-6,8-12H2,1H3/t14-,15-,16+,17+,18-,23+/m1/s1. The Morgan fingerprint density at radius 1 is 1.27 bits per heavy atom. The second kappa shape index (κ2) is 10.2. The first kappa shape index (κ1) is 26.5. The number of nitrogens with one attached hydrogen (secondary N) is 1. The van der Waals surface area contributed by atoms with Crippen molar-refractivity contribution in [3.05, 3.63) is 18.1 Å². The fourth-order valence-electron chi connectivity index (χ4n) is 6.63. The lowest BCUT2D eigenvalue weighted by Gasteiger charge is -2.40. The minimum Gasteiger partial charge on any atom is -0.379 e. The van der Waals surface area contributed by atoms with E-state index in [-0.39, 0.29) is 48.5 Å². The smallest absolute Gasteiger partial charge is 0.379 e. The number of likely N-dealkylation sites (tertiary alicyclic amines) is 1. The van der Waals surface area contributed by atoms with Crippen LogP contribution in [-0.2, 0) is 20.4 Å². The molecule has 6 atom stereocenters. The van der Waals surface area contributed by atoms with Gasteiger partial charge in [-0.25, -0.2) is 18.7 Å². The Hall–Kier alpha value is -2.12. The Labute approximate surface area is 211 Å². The summed E-state index contributed by atoms with van der Waals surface area (Å²) in [5, 5.41) is 3.54. The lowest BCUT2D eigenvalue weighted by molar-refractivity contribution is -0.146. The van der Waals surface area contributed by atoms with Gasteiger partial charge in [0.2, 0.25) is 12.3 Å². The molecule has 3 aliphatic heterocycles. The van der Waals surface area contributed by atoms with Gasteiger partial charge in [-0.15, -0.1) is 0 Å². The van der Waals surface area contributed by atoms with Crippen LogP contribution < -0.4 is 10.2 Å². The van der Waals surface area contributed by atoms with E-state index in [1.807, 2.05) is 0 Å². The number of aromatic nitrogens is 2. The zero-order valence-corrected chi connectivity index (χ0v) is 20.6. The highest BCUT2D eigenvalue weighted by Crippen LogP contribution is 2.47. The Bertz CT molecular complexity index is 984. The number of rotatable bonds is 7. The number of hydrogen-bond donors (Lipinski definition) is 1. The summed E-state index contributed by atoms with van der Waals surface area (Å²) in [5.74, 6) is -0.100. The fourth-order valence-corrected chi connectivity index (χ4v) is 6.63. The highest BCUT2D eigenvalue weighted by atomic mass is 19.4. The van der Waals surface area contributed by atoms with Crippen LogP contribution in [0.2, 0.25) is 0 Å². The van der Waals surface area contributed by atoms with Gasteiger partial charge in [0, 0.05) is 51.4 Å². The second-order valence-corrected chi connectivity index (χ2v) is 10.6. The van der Waals surface area contributed by atoms with Gasteiger partial charge in [0.05, 0.1) is 30.2 Å². The zero-order valence-electron chi connectivity index (χ0n) is 20.6. The molecule has 4 fully saturated rings. The predicted octanol–water partition coefficient (Wildman–Crippen LogP) is 2.87. The average Bonchev–Trinajstić information content (AvgIpc) is 3.58. The number of carbonyl (C=O) groups excluding carboxylic acids is 1. The molecule has 3 saturated heterocycles. The number of alkyl halides is 5. The Balaban J connectivity index is 1.27. The van der Waals surface area contributed by atoms with Crippen LogP contribution in [0.1, 0.15) is 44.2 Å². The highest BCUT2D eigenvalue weighted by molar-refractivity contribution is 5.84. The van der Waals surface area contributed by atoms with Crippen molar-refractivity contribution in [3.63, 3.8) is 0 Å². The number of fused-ring (bicyclic) bond motifs is 2. The molecule has 0 unspecified atom stereocenters. The van der Waals surface area contributed by atoms with Crippen LogP contribution in [0.4, 0.5) is 27.8 Å². The van der Waals surface area contributed by atoms with Gasteiger partial charge in [-0.05, 0) is 32.1 Å². The largest absolute Gasteiger partial charge is 0.433 e. The molecule has 1 aromatic heterocycles. The number of ether oxygens (including phenoxy) is 2. The first-order chi connectivity index (χ1) is 17.6. The molecule has 4 aliphatic rings. The molecular weight excluding hydrogens is 501 g/mol. The van der Waals surface area contributed by atoms with Gasteiger partial charge in [0.15, 0.2) is 0 Å². The summed E-state index contributed by atoms with van der Waals surface area (Å²) < 4.78 is 77.8. The maximum Gasteiger partial charge on any atom is 0.433 e. The quantitative estimate of drug-likeness (QED) is 0.540. The van der Waals surface area contributed by atoms with Gasteiger partial charge in [-0.2, -0.15) is 13.2 Å². The number of carbonyl (C=O) groups is 1. The topological polar surface area (TPSA) is 79.8 Å². The van der Waals surface area contributed by atoms with E-state index in [2.05, 4.69) is 15.3 Å². The van der Waals surface area contributed by atoms with Gasteiger partial charge in [0.1, 0.15) is 17.8 Å². The van der Waals surface area contributed by atoms with Crippen molar-refractivity contribution in [2.45, 2.75) is 81.4 Å².